The summed E-state index contributed by atoms with van der Waals surface area (Å²) in [5.41, 5.74) is 5.72. The minimum atomic E-state index is 0.715. The van der Waals surface area contributed by atoms with Crippen LogP contribution in [-0.4, -0.2) is 79.6 Å². The number of likely N-dealkylation sites (tertiary alicyclic amines) is 1. The number of nitrogens with zero attached hydrogens (tertiary/aromatic N) is 3. The molecular formula is C16H34N4. The molecule has 4 nitrogen and oxygen atoms in total. The van der Waals surface area contributed by atoms with Crippen molar-refractivity contribution in [1.29, 1.82) is 0 Å². The highest BCUT2D eigenvalue weighted by Gasteiger charge is 2.22. The molecule has 2 saturated heterocycles. The van der Waals surface area contributed by atoms with E-state index in [9.17, 15) is 0 Å². The maximum absolute atomic E-state index is 5.72. The third-order valence-electron chi connectivity index (χ3n) is 5.04. The zero-order valence-electron chi connectivity index (χ0n) is 13.4. The molecule has 0 aromatic heterocycles. The van der Waals surface area contributed by atoms with Gasteiger partial charge in [0, 0.05) is 32.2 Å². The van der Waals surface area contributed by atoms with Crippen LogP contribution in [0.2, 0.25) is 0 Å². The van der Waals surface area contributed by atoms with Crippen LogP contribution in [0.5, 0.6) is 0 Å². The Hall–Kier alpha value is -0.160. The van der Waals surface area contributed by atoms with E-state index in [-0.39, 0.29) is 0 Å². The molecule has 1 atom stereocenters. The molecule has 4 heteroatoms. The van der Waals surface area contributed by atoms with Crippen molar-refractivity contribution in [2.75, 3.05) is 58.9 Å². The van der Waals surface area contributed by atoms with E-state index < -0.39 is 0 Å². The number of nitrogens with two attached hydrogens (primary N) is 1. The lowest BCUT2D eigenvalue weighted by Crippen LogP contribution is -2.50. The van der Waals surface area contributed by atoms with E-state index >= 15 is 0 Å². The molecule has 0 spiro atoms. The molecule has 20 heavy (non-hydrogen) atoms. The molecule has 0 aromatic carbocycles. The second kappa shape index (κ2) is 8.98. The molecule has 0 radical (unpaired) electrons. The maximum atomic E-state index is 5.72. The summed E-state index contributed by atoms with van der Waals surface area (Å²) in [6, 6.07) is 0.715. The lowest BCUT2D eigenvalue weighted by Gasteiger charge is -2.39. The molecule has 2 fully saturated rings. The van der Waals surface area contributed by atoms with Gasteiger partial charge in [-0.25, -0.2) is 0 Å². The predicted octanol–water partition coefficient (Wildman–Crippen LogP) is 1.22. The van der Waals surface area contributed by atoms with Gasteiger partial charge in [0.1, 0.15) is 0 Å². The van der Waals surface area contributed by atoms with Crippen molar-refractivity contribution in [1.82, 2.24) is 14.7 Å². The largest absolute Gasteiger partial charge is 0.330 e. The minimum absolute atomic E-state index is 0.715. The van der Waals surface area contributed by atoms with E-state index in [1.54, 1.807) is 0 Å². The maximum Gasteiger partial charge on any atom is 0.0113 e. The van der Waals surface area contributed by atoms with Crippen molar-refractivity contribution in [3.8, 4) is 0 Å². The molecule has 0 bridgehead atoms. The number of hydrogen-bond donors (Lipinski definition) is 1. The van der Waals surface area contributed by atoms with Gasteiger partial charge in [0.15, 0.2) is 0 Å². The fourth-order valence-electron chi connectivity index (χ4n) is 3.71. The monoisotopic (exact) mass is 282 g/mol. The van der Waals surface area contributed by atoms with Crippen LogP contribution < -0.4 is 5.73 Å². The summed E-state index contributed by atoms with van der Waals surface area (Å²) in [6.07, 6.45) is 6.58. The van der Waals surface area contributed by atoms with Crippen molar-refractivity contribution in [2.24, 2.45) is 5.73 Å². The van der Waals surface area contributed by atoms with Crippen molar-refractivity contribution in [3.05, 3.63) is 0 Å². The molecule has 2 rings (SSSR count). The normalized spacial score (nSPS) is 24.3. The Bertz CT molecular complexity index is 245. The van der Waals surface area contributed by atoms with Crippen LogP contribution in [0.25, 0.3) is 0 Å². The first-order valence-corrected chi connectivity index (χ1v) is 8.72. The first-order valence-electron chi connectivity index (χ1n) is 8.72. The van der Waals surface area contributed by atoms with E-state index in [0.717, 1.165) is 13.0 Å². The van der Waals surface area contributed by atoms with Gasteiger partial charge < -0.3 is 15.5 Å². The highest BCUT2D eigenvalue weighted by molar-refractivity contribution is 4.78. The predicted molar refractivity (Wildman–Crippen MR) is 86.1 cm³/mol. The third kappa shape index (κ3) is 4.99. The van der Waals surface area contributed by atoms with E-state index in [1.165, 1.54) is 78.0 Å². The van der Waals surface area contributed by atoms with Crippen molar-refractivity contribution >= 4 is 0 Å². The van der Waals surface area contributed by atoms with Crippen LogP contribution in [0.3, 0.4) is 0 Å². The number of piperazine rings is 1. The third-order valence-corrected chi connectivity index (χ3v) is 5.04. The summed E-state index contributed by atoms with van der Waals surface area (Å²) in [4.78, 5) is 7.94. The van der Waals surface area contributed by atoms with Crippen molar-refractivity contribution in [3.63, 3.8) is 0 Å². The van der Waals surface area contributed by atoms with Gasteiger partial charge in [0.05, 0.1) is 0 Å². The standard InChI is InChI=1S/C16H34N4/c1-2-16(6-7-17)20-14-12-19(13-15-20)11-5-10-18-8-3-4-9-18/h16H,2-15,17H2,1H3. The summed E-state index contributed by atoms with van der Waals surface area (Å²) in [5, 5.41) is 0. The van der Waals surface area contributed by atoms with E-state index in [4.69, 9.17) is 5.73 Å². The number of rotatable bonds is 8. The van der Waals surface area contributed by atoms with Crippen molar-refractivity contribution in [2.45, 2.75) is 45.1 Å². The Morgan fingerprint density at radius 2 is 1.50 bits per heavy atom. The Morgan fingerprint density at radius 1 is 0.900 bits per heavy atom. The van der Waals surface area contributed by atoms with Crippen LogP contribution in [0.4, 0.5) is 0 Å². The molecular weight excluding hydrogens is 248 g/mol. The van der Waals surface area contributed by atoms with Crippen molar-refractivity contribution < 1.29 is 0 Å². The van der Waals surface area contributed by atoms with Gasteiger partial charge in [-0.3, -0.25) is 4.90 Å². The van der Waals surface area contributed by atoms with Gasteiger partial charge in [0.2, 0.25) is 0 Å². The van der Waals surface area contributed by atoms with E-state index in [2.05, 4.69) is 21.6 Å². The van der Waals surface area contributed by atoms with Crippen LogP contribution in [-0.2, 0) is 0 Å². The van der Waals surface area contributed by atoms with Gasteiger partial charge in [-0.15, -0.1) is 0 Å². The zero-order valence-corrected chi connectivity index (χ0v) is 13.4. The first kappa shape index (κ1) is 16.2. The molecule has 0 aromatic rings. The molecule has 0 amide bonds. The van der Waals surface area contributed by atoms with Crippen LogP contribution in [0.15, 0.2) is 0 Å². The number of hydrogen-bond acceptors (Lipinski definition) is 4. The Kier molecular flexibility index (Phi) is 7.28. The summed E-state index contributed by atoms with van der Waals surface area (Å²) in [6.45, 7) is 13.4. The average Bonchev–Trinajstić information content (AvgIpc) is 2.99. The van der Waals surface area contributed by atoms with Gasteiger partial charge in [0.25, 0.3) is 0 Å². The lowest BCUT2D eigenvalue weighted by atomic mass is 10.1. The average molecular weight is 282 g/mol. The molecule has 2 aliphatic heterocycles. The fourth-order valence-corrected chi connectivity index (χ4v) is 3.71. The Balaban J connectivity index is 1.58. The smallest absolute Gasteiger partial charge is 0.0113 e. The zero-order chi connectivity index (χ0) is 14.2. The summed E-state index contributed by atoms with van der Waals surface area (Å²) >= 11 is 0. The molecule has 2 N–H and O–H groups in total. The second-order valence-corrected chi connectivity index (χ2v) is 6.42. The Labute approximate surface area is 125 Å². The fraction of sp³-hybridized carbons (Fsp3) is 1.00. The molecule has 0 saturated carbocycles. The van der Waals surface area contributed by atoms with Crippen LogP contribution in [0, 0.1) is 0 Å². The summed E-state index contributed by atoms with van der Waals surface area (Å²) in [5.74, 6) is 0. The summed E-state index contributed by atoms with van der Waals surface area (Å²) in [7, 11) is 0. The van der Waals surface area contributed by atoms with Gasteiger partial charge in [-0.2, -0.15) is 0 Å². The lowest BCUT2D eigenvalue weighted by molar-refractivity contribution is 0.0887. The van der Waals surface area contributed by atoms with Crippen LogP contribution in [0.1, 0.15) is 39.0 Å². The van der Waals surface area contributed by atoms with Gasteiger partial charge >= 0.3 is 0 Å². The molecule has 2 heterocycles. The first-order chi connectivity index (χ1) is 9.83. The Morgan fingerprint density at radius 3 is 2.05 bits per heavy atom. The SMILES string of the molecule is CCC(CCN)N1CCN(CCCN2CCCC2)CC1. The van der Waals surface area contributed by atoms with E-state index in [1.807, 2.05) is 0 Å². The van der Waals surface area contributed by atoms with E-state index in [0.29, 0.717) is 6.04 Å². The van der Waals surface area contributed by atoms with Gasteiger partial charge in [-0.1, -0.05) is 6.92 Å². The quantitative estimate of drug-likeness (QED) is 0.726. The second-order valence-electron chi connectivity index (χ2n) is 6.42. The molecule has 1 unspecified atom stereocenters. The highest BCUT2D eigenvalue weighted by atomic mass is 15.3. The van der Waals surface area contributed by atoms with Gasteiger partial charge in [-0.05, 0) is 64.8 Å². The van der Waals surface area contributed by atoms with Crippen LogP contribution >= 0.6 is 0 Å². The molecule has 118 valence electrons. The minimum Gasteiger partial charge on any atom is -0.330 e. The topological polar surface area (TPSA) is 35.7 Å². The highest BCUT2D eigenvalue weighted by Crippen LogP contribution is 2.13. The molecule has 0 aliphatic carbocycles. The molecule has 2 aliphatic rings. The summed E-state index contributed by atoms with van der Waals surface area (Å²) < 4.78 is 0.